The van der Waals surface area contributed by atoms with Gasteiger partial charge >= 0.3 is 5.97 Å². The van der Waals surface area contributed by atoms with Crippen molar-refractivity contribution in [1.29, 1.82) is 0 Å². The Morgan fingerprint density at radius 1 is 1.41 bits per heavy atom. The second-order valence-corrected chi connectivity index (χ2v) is 4.60. The molecular formula is C13H17ClO3. The van der Waals surface area contributed by atoms with E-state index in [1.54, 1.807) is 26.0 Å². The normalized spacial score (nSPS) is 11.1. The van der Waals surface area contributed by atoms with E-state index in [-0.39, 0.29) is 5.97 Å². The van der Waals surface area contributed by atoms with E-state index in [4.69, 9.17) is 21.1 Å². The lowest BCUT2D eigenvalue weighted by Gasteiger charge is -2.22. The Balaban J connectivity index is 3.08. The van der Waals surface area contributed by atoms with Crippen LogP contribution in [-0.2, 0) is 14.9 Å². The van der Waals surface area contributed by atoms with E-state index >= 15 is 0 Å². The van der Waals surface area contributed by atoms with Crippen molar-refractivity contribution in [2.75, 3.05) is 13.7 Å². The number of ether oxygens (including phenoxy) is 2. The fourth-order valence-corrected chi connectivity index (χ4v) is 1.77. The third-order valence-electron chi connectivity index (χ3n) is 2.65. The minimum Gasteiger partial charge on any atom is -0.492 e. The topological polar surface area (TPSA) is 35.5 Å². The van der Waals surface area contributed by atoms with Crippen LogP contribution in [0.5, 0.6) is 5.75 Å². The summed E-state index contributed by atoms with van der Waals surface area (Å²) in [6.45, 7) is 6.04. The summed E-state index contributed by atoms with van der Waals surface area (Å²) in [6.07, 6.45) is 0. The molecular weight excluding hydrogens is 240 g/mol. The van der Waals surface area contributed by atoms with E-state index in [1.807, 2.05) is 13.0 Å². The average molecular weight is 257 g/mol. The van der Waals surface area contributed by atoms with Crippen molar-refractivity contribution >= 4 is 17.6 Å². The van der Waals surface area contributed by atoms with Gasteiger partial charge in [0.25, 0.3) is 0 Å². The molecule has 1 aromatic rings. The van der Waals surface area contributed by atoms with Crippen molar-refractivity contribution in [2.24, 2.45) is 0 Å². The van der Waals surface area contributed by atoms with Gasteiger partial charge in [0.15, 0.2) is 0 Å². The molecule has 0 saturated carbocycles. The number of halogens is 1. The number of methoxy groups -OCH3 is 1. The van der Waals surface area contributed by atoms with Crippen LogP contribution in [0.4, 0.5) is 0 Å². The molecule has 0 bridgehead atoms. The van der Waals surface area contributed by atoms with Crippen LogP contribution < -0.4 is 4.74 Å². The molecule has 0 unspecified atom stereocenters. The molecule has 0 spiro atoms. The van der Waals surface area contributed by atoms with E-state index in [0.29, 0.717) is 17.4 Å². The molecule has 0 radical (unpaired) electrons. The first-order chi connectivity index (χ1) is 7.93. The Morgan fingerprint density at radius 3 is 2.53 bits per heavy atom. The molecule has 0 aromatic heterocycles. The molecule has 0 aliphatic carbocycles. The van der Waals surface area contributed by atoms with Crippen molar-refractivity contribution < 1.29 is 14.3 Å². The highest BCUT2D eigenvalue weighted by Crippen LogP contribution is 2.32. The molecule has 4 heteroatoms. The largest absolute Gasteiger partial charge is 0.492 e. The van der Waals surface area contributed by atoms with Crippen molar-refractivity contribution in [1.82, 2.24) is 0 Å². The van der Waals surface area contributed by atoms with E-state index in [9.17, 15) is 4.79 Å². The molecule has 0 amide bonds. The Bertz CT molecular complexity index is 413. The fourth-order valence-electron chi connectivity index (χ4n) is 1.54. The van der Waals surface area contributed by atoms with Crippen LogP contribution in [0.1, 0.15) is 26.3 Å². The summed E-state index contributed by atoms with van der Waals surface area (Å²) in [5.74, 6) is 0.330. The molecule has 0 aliphatic heterocycles. The third-order valence-corrected chi connectivity index (χ3v) is 2.94. The highest BCUT2D eigenvalue weighted by molar-refractivity contribution is 6.32. The first-order valence-electron chi connectivity index (χ1n) is 5.44. The average Bonchev–Trinajstić information content (AvgIpc) is 2.30. The summed E-state index contributed by atoms with van der Waals surface area (Å²) in [5, 5.41) is 0.501. The van der Waals surface area contributed by atoms with Crippen LogP contribution in [0.25, 0.3) is 0 Å². The van der Waals surface area contributed by atoms with E-state index in [2.05, 4.69) is 0 Å². The summed E-state index contributed by atoms with van der Waals surface area (Å²) in [6, 6.07) is 5.34. The van der Waals surface area contributed by atoms with Crippen molar-refractivity contribution in [2.45, 2.75) is 26.2 Å². The molecule has 1 rings (SSSR count). The van der Waals surface area contributed by atoms with E-state index in [1.165, 1.54) is 7.11 Å². The maximum absolute atomic E-state index is 11.7. The number of esters is 1. The molecule has 1 aromatic carbocycles. The molecule has 17 heavy (non-hydrogen) atoms. The summed E-state index contributed by atoms with van der Waals surface area (Å²) in [4.78, 5) is 11.7. The third kappa shape index (κ3) is 2.91. The molecule has 0 heterocycles. The van der Waals surface area contributed by atoms with Crippen LogP contribution in [0.3, 0.4) is 0 Å². The smallest absolute Gasteiger partial charge is 0.315 e. The Kier molecular flexibility index (Phi) is 4.40. The van der Waals surface area contributed by atoms with Gasteiger partial charge in [-0.25, -0.2) is 0 Å². The first kappa shape index (κ1) is 13.8. The minimum absolute atomic E-state index is 0.294. The van der Waals surface area contributed by atoms with Crippen LogP contribution in [-0.4, -0.2) is 19.7 Å². The van der Waals surface area contributed by atoms with Gasteiger partial charge in [0.05, 0.1) is 24.2 Å². The van der Waals surface area contributed by atoms with Gasteiger partial charge in [0, 0.05) is 0 Å². The van der Waals surface area contributed by atoms with Gasteiger partial charge < -0.3 is 9.47 Å². The van der Waals surface area contributed by atoms with Gasteiger partial charge in [-0.2, -0.15) is 0 Å². The van der Waals surface area contributed by atoms with E-state index < -0.39 is 5.41 Å². The molecule has 0 atom stereocenters. The number of carbonyl (C=O) groups excluding carboxylic acids is 1. The van der Waals surface area contributed by atoms with Gasteiger partial charge in [-0.15, -0.1) is 0 Å². The van der Waals surface area contributed by atoms with Crippen LogP contribution in [0.15, 0.2) is 18.2 Å². The zero-order chi connectivity index (χ0) is 13.1. The first-order valence-corrected chi connectivity index (χ1v) is 5.82. The van der Waals surface area contributed by atoms with Gasteiger partial charge in [-0.1, -0.05) is 17.7 Å². The van der Waals surface area contributed by atoms with Gasteiger partial charge in [0.1, 0.15) is 5.75 Å². The number of rotatable bonds is 4. The monoisotopic (exact) mass is 256 g/mol. The lowest BCUT2D eigenvalue weighted by molar-refractivity contribution is -0.146. The van der Waals surface area contributed by atoms with Gasteiger partial charge in [-0.3, -0.25) is 4.79 Å². The predicted molar refractivity (Wildman–Crippen MR) is 67.7 cm³/mol. The zero-order valence-corrected chi connectivity index (χ0v) is 11.3. The Morgan fingerprint density at radius 2 is 2.06 bits per heavy atom. The second-order valence-electron chi connectivity index (χ2n) is 4.19. The molecule has 0 N–H and O–H groups in total. The Hall–Kier alpha value is -1.22. The predicted octanol–water partition coefficient (Wildman–Crippen LogP) is 3.19. The standard InChI is InChI=1S/C13H17ClO3/c1-5-17-11-7-6-9(8-10(11)14)13(2,3)12(15)16-4/h6-8H,5H2,1-4H3. The number of hydrogen-bond donors (Lipinski definition) is 0. The molecule has 3 nitrogen and oxygen atoms in total. The summed E-state index contributed by atoms with van der Waals surface area (Å²) in [7, 11) is 1.38. The highest BCUT2D eigenvalue weighted by atomic mass is 35.5. The van der Waals surface area contributed by atoms with E-state index in [0.717, 1.165) is 5.56 Å². The SMILES string of the molecule is CCOc1ccc(C(C)(C)C(=O)OC)cc1Cl. The number of benzene rings is 1. The van der Waals surface area contributed by atoms with Crippen molar-refractivity contribution in [3.05, 3.63) is 28.8 Å². The lowest BCUT2D eigenvalue weighted by Crippen LogP contribution is -2.30. The molecule has 94 valence electrons. The summed E-state index contributed by atoms with van der Waals surface area (Å²) < 4.78 is 10.1. The molecule has 0 aliphatic rings. The van der Waals surface area contributed by atoms with Crippen molar-refractivity contribution in [3.8, 4) is 5.75 Å². The Labute approximate surface area is 107 Å². The summed E-state index contributed by atoms with van der Waals surface area (Å²) in [5.41, 5.74) is 0.0844. The van der Waals surface area contributed by atoms with Gasteiger partial charge in [0.2, 0.25) is 0 Å². The minimum atomic E-state index is -0.719. The quantitative estimate of drug-likeness (QED) is 0.776. The van der Waals surface area contributed by atoms with Crippen LogP contribution in [0.2, 0.25) is 5.02 Å². The highest BCUT2D eigenvalue weighted by Gasteiger charge is 2.31. The van der Waals surface area contributed by atoms with Crippen LogP contribution in [0, 0.1) is 0 Å². The lowest BCUT2D eigenvalue weighted by atomic mass is 9.85. The maximum Gasteiger partial charge on any atom is 0.315 e. The molecule has 0 fully saturated rings. The molecule has 0 saturated heterocycles. The fraction of sp³-hybridized carbons (Fsp3) is 0.462. The zero-order valence-electron chi connectivity index (χ0n) is 10.5. The van der Waals surface area contributed by atoms with Gasteiger partial charge in [-0.05, 0) is 38.5 Å². The number of carbonyl (C=O) groups is 1. The number of hydrogen-bond acceptors (Lipinski definition) is 3. The van der Waals surface area contributed by atoms with Crippen molar-refractivity contribution in [3.63, 3.8) is 0 Å². The maximum atomic E-state index is 11.7. The van der Waals surface area contributed by atoms with Crippen LogP contribution >= 0.6 is 11.6 Å². The summed E-state index contributed by atoms with van der Waals surface area (Å²) >= 11 is 6.08. The second kappa shape index (κ2) is 5.41.